The molecule has 39 heavy (non-hydrogen) atoms. The molecule has 0 radical (unpaired) electrons. The van der Waals surface area contributed by atoms with Gasteiger partial charge in [0, 0.05) is 5.92 Å². The lowest BCUT2D eigenvalue weighted by molar-refractivity contribution is 0.568. The fourth-order valence-corrected chi connectivity index (χ4v) is 6.04. The van der Waals surface area contributed by atoms with Gasteiger partial charge in [-0.1, -0.05) is 122 Å². The van der Waals surface area contributed by atoms with Crippen LogP contribution in [0.4, 0.5) is 0 Å². The molecule has 2 atom stereocenters. The van der Waals surface area contributed by atoms with Crippen molar-refractivity contribution in [2.75, 3.05) is 0 Å². The normalized spacial score (nSPS) is 20.4. The Morgan fingerprint density at radius 2 is 1.38 bits per heavy atom. The van der Waals surface area contributed by atoms with Gasteiger partial charge in [0.05, 0.1) is 0 Å². The van der Waals surface area contributed by atoms with E-state index in [2.05, 4.69) is 116 Å². The summed E-state index contributed by atoms with van der Waals surface area (Å²) < 4.78 is 0. The van der Waals surface area contributed by atoms with Gasteiger partial charge >= 0.3 is 0 Å². The summed E-state index contributed by atoms with van der Waals surface area (Å²) in [5.41, 5.74) is 12.8. The predicted molar refractivity (Wildman–Crippen MR) is 171 cm³/mol. The standard InChI is InChI=1S/C39H50/c1-25(32-20-34(38(4,5)6)24-35(21-32)39(7,8)9)18-27(3)36-22-33(30-14-15-30)23-37(36)31-16-12-29(13-17-31)26(2)19-28-10-11-28/h12-13,16-17,20-24,27-28,30,37H,1-2,10-11,14-15,18-19H2,3-9H3/t27-,37?/m1/s1. The Bertz CT molecular complexity index is 1270. The molecule has 5 rings (SSSR count). The summed E-state index contributed by atoms with van der Waals surface area (Å²) in [4.78, 5) is 0. The van der Waals surface area contributed by atoms with Gasteiger partial charge < -0.3 is 0 Å². The maximum Gasteiger partial charge on any atom is 0.0240 e. The van der Waals surface area contributed by atoms with Crippen LogP contribution in [0.25, 0.3) is 11.1 Å². The van der Waals surface area contributed by atoms with Crippen molar-refractivity contribution in [3.05, 3.63) is 107 Å². The van der Waals surface area contributed by atoms with Gasteiger partial charge in [0.15, 0.2) is 0 Å². The molecule has 2 aromatic carbocycles. The molecule has 2 saturated carbocycles. The maximum atomic E-state index is 4.65. The van der Waals surface area contributed by atoms with E-state index in [4.69, 9.17) is 0 Å². The quantitative estimate of drug-likeness (QED) is 0.310. The van der Waals surface area contributed by atoms with Gasteiger partial charge in [0.1, 0.15) is 0 Å². The van der Waals surface area contributed by atoms with Crippen LogP contribution in [-0.2, 0) is 10.8 Å². The molecule has 206 valence electrons. The number of rotatable bonds is 9. The topological polar surface area (TPSA) is 0 Å². The van der Waals surface area contributed by atoms with E-state index in [9.17, 15) is 0 Å². The minimum absolute atomic E-state index is 0.111. The van der Waals surface area contributed by atoms with E-state index in [1.54, 1.807) is 11.1 Å². The zero-order valence-corrected chi connectivity index (χ0v) is 25.7. The van der Waals surface area contributed by atoms with Gasteiger partial charge in [-0.05, 0) is 112 Å². The number of benzene rings is 2. The average Bonchev–Trinajstić information content (AvgIpc) is 3.82. The van der Waals surface area contributed by atoms with E-state index in [1.807, 2.05) is 0 Å². The molecule has 1 unspecified atom stereocenters. The fraction of sp³-hybridized carbons (Fsp3) is 0.487. The molecule has 0 aliphatic heterocycles. The summed E-state index contributed by atoms with van der Waals surface area (Å²) in [6.07, 6.45) is 12.7. The van der Waals surface area contributed by atoms with Gasteiger partial charge in [0.25, 0.3) is 0 Å². The second-order valence-corrected chi connectivity index (χ2v) is 14.9. The first kappa shape index (κ1) is 27.9. The van der Waals surface area contributed by atoms with E-state index in [1.165, 1.54) is 64.6 Å². The molecule has 0 spiro atoms. The smallest absolute Gasteiger partial charge is 0.0240 e. The van der Waals surface area contributed by atoms with Gasteiger partial charge in [-0.3, -0.25) is 0 Å². The first-order chi connectivity index (χ1) is 18.3. The van der Waals surface area contributed by atoms with E-state index in [0.717, 1.165) is 24.7 Å². The van der Waals surface area contributed by atoms with Crippen LogP contribution in [0.1, 0.15) is 121 Å². The van der Waals surface area contributed by atoms with E-state index in [0.29, 0.717) is 11.8 Å². The molecule has 0 nitrogen and oxygen atoms in total. The number of hydrogen-bond donors (Lipinski definition) is 0. The third-order valence-corrected chi connectivity index (χ3v) is 9.21. The number of allylic oxidation sites excluding steroid dienone is 6. The van der Waals surface area contributed by atoms with Crippen LogP contribution in [0.2, 0.25) is 0 Å². The summed E-state index contributed by atoms with van der Waals surface area (Å²) in [5.74, 6) is 2.47. The van der Waals surface area contributed by atoms with Crippen LogP contribution in [-0.4, -0.2) is 0 Å². The maximum absolute atomic E-state index is 4.65. The first-order valence-corrected chi connectivity index (χ1v) is 15.3. The highest BCUT2D eigenvalue weighted by atomic mass is 14.4. The Labute approximate surface area is 239 Å². The van der Waals surface area contributed by atoms with Crippen LogP contribution in [0.3, 0.4) is 0 Å². The molecule has 0 amide bonds. The van der Waals surface area contributed by atoms with Crippen LogP contribution < -0.4 is 0 Å². The molecule has 3 aliphatic carbocycles. The summed E-state index contributed by atoms with van der Waals surface area (Å²) in [7, 11) is 0. The minimum atomic E-state index is 0.111. The second kappa shape index (κ2) is 10.4. The van der Waals surface area contributed by atoms with Crippen LogP contribution in [0, 0.1) is 17.8 Å². The average molecular weight is 519 g/mol. The summed E-state index contributed by atoms with van der Waals surface area (Å²) in [6.45, 7) is 25.3. The Balaban J connectivity index is 1.37. The van der Waals surface area contributed by atoms with Crippen molar-refractivity contribution in [2.45, 2.75) is 104 Å². The molecule has 0 heteroatoms. The highest BCUT2D eigenvalue weighted by molar-refractivity contribution is 5.67. The SMILES string of the molecule is C=C(CC1CC1)c1ccc(C2C=C(C3CC3)C=C2[C@H](C)CC(=C)c2cc(C(C)(C)C)cc(C(C)(C)C)c2)cc1. The van der Waals surface area contributed by atoms with Gasteiger partial charge in [0.2, 0.25) is 0 Å². The van der Waals surface area contributed by atoms with Crippen LogP contribution in [0.5, 0.6) is 0 Å². The highest BCUT2D eigenvalue weighted by Crippen LogP contribution is 2.48. The molecule has 3 aliphatic rings. The largest absolute Gasteiger partial charge is 0.0952 e. The lowest BCUT2D eigenvalue weighted by Gasteiger charge is -2.27. The van der Waals surface area contributed by atoms with Crippen LogP contribution >= 0.6 is 0 Å². The third-order valence-electron chi connectivity index (χ3n) is 9.21. The predicted octanol–water partition coefficient (Wildman–Crippen LogP) is 11.2. The fourth-order valence-electron chi connectivity index (χ4n) is 6.04. The van der Waals surface area contributed by atoms with Crippen molar-refractivity contribution in [1.29, 1.82) is 0 Å². The molecule has 2 fully saturated rings. The van der Waals surface area contributed by atoms with Gasteiger partial charge in [-0.15, -0.1) is 0 Å². The second-order valence-electron chi connectivity index (χ2n) is 14.9. The van der Waals surface area contributed by atoms with Crippen molar-refractivity contribution in [1.82, 2.24) is 0 Å². The molecule has 0 heterocycles. The van der Waals surface area contributed by atoms with Crippen molar-refractivity contribution < 1.29 is 0 Å². The molecule has 0 N–H and O–H groups in total. The summed E-state index contributed by atoms with van der Waals surface area (Å²) >= 11 is 0. The van der Waals surface area contributed by atoms with E-state index in [-0.39, 0.29) is 10.8 Å². The lowest BCUT2D eigenvalue weighted by atomic mass is 9.77. The summed E-state index contributed by atoms with van der Waals surface area (Å²) in [6, 6.07) is 16.6. The van der Waals surface area contributed by atoms with Crippen molar-refractivity contribution in [3.63, 3.8) is 0 Å². The van der Waals surface area contributed by atoms with Gasteiger partial charge in [-0.2, -0.15) is 0 Å². The zero-order valence-electron chi connectivity index (χ0n) is 25.7. The Hall–Kier alpha value is -2.60. The molecular formula is C39H50. The molecule has 2 aromatic rings. The van der Waals surface area contributed by atoms with Gasteiger partial charge in [-0.25, -0.2) is 0 Å². The Kier molecular flexibility index (Phi) is 7.47. The van der Waals surface area contributed by atoms with Crippen molar-refractivity contribution in [2.24, 2.45) is 17.8 Å². The number of hydrogen-bond acceptors (Lipinski definition) is 0. The first-order valence-electron chi connectivity index (χ1n) is 15.3. The zero-order chi connectivity index (χ0) is 28.1. The molecule has 0 bridgehead atoms. The van der Waals surface area contributed by atoms with E-state index < -0.39 is 0 Å². The van der Waals surface area contributed by atoms with Crippen molar-refractivity contribution in [3.8, 4) is 0 Å². The molecular weight excluding hydrogens is 468 g/mol. The molecule has 0 saturated heterocycles. The minimum Gasteiger partial charge on any atom is -0.0952 e. The van der Waals surface area contributed by atoms with Crippen LogP contribution in [0.15, 0.2) is 78.9 Å². The van der Waals surface area contributed by atoms with E-state index >= 15 is 0 Å². The highest BCUT2D eigenvalue weighted by Gasteiger charge is 2.33. The lowest BCUT2D eigenvalue weighted by Crippen LogP contribution is -2.17. The Morgan fingerprint density at radius 1 is 0.795 bits per heavy atom. The summed E-state index contributed by atoms with van der Waals surface area (Å²) in [5, 5.41) is 0. The monoisotopic (exact) mass is 518 g/mol. The molecule has 0 aromatic heterocycles. The van der Waals surface area contributed by atoms with Crippen molar-refractivity contribution >= 4 is 11.1 Å². The third kappa shape index (κ3) is 6.59. The Morgan fingerprint density at radius 3 is 1.90 bits per heavy atom.